The molecule has 0 saturated carbocycles. The molecule has 0 aromatic heterocycles. The summed E-state index contributed by atoms with van der Waals surface area (Å²) < 4.78 is 0. The van der Waals surface area contributed by atoms with E-state index < -0.39 is 0 Å². The van der Waals surface area contributed by atoms with Gasteiger partial charge in [-0.1, -0.05) is 24.8 Å². The number of hydrogen-bond acceptors (Lipinski definition) is 2. The highest BCUT2D eigenvalue weighted by molar-refractivity contribution is 5.96. The molecule has 0 fully saturated rings. The zero-order valence-electron chi connectivity index (χ0n) is 12.7. The Hall–Kier alpha value is -1.79. The van der Waals surface area contributed by atoms with E-state index in [1.165, 1.54) is 0 Å². The molecule has 1 N–H and O–H groups in total. The topological polar surface area (TPSA) is 40.5 Å². The highest BCUT2D eigenvalue weighted by Gasteiger charge is 2.18. The third-order valence-electron chi connectivity index (χ3n) is 3.60. The number of hydrogen-bond donors (Lipinski definition) is 1. The Morgan fingerprint density at radius 1 is 1.45 bits per heavy atom. The van der Waals surface area contributed by atoms with Crippen molar-refractivity contribution in [3.8, 4) is 11.8 Å². The van der Waals surface area contributed by atoms with Gasteiger partial charge in [0.1, 0.15) is 0 Å². The van der Waals surface area contributed by atoms with Crippen LogP contribution in [-0.2, 0) is 0 Å². The van der Waals surface area contributed by atoms with Crippen LogP contribution in [0, 0.1) is 18.8 Å². The zero-order chi connectivity index (χ0) is 15.1. The van der Waals surface area contributed by atoms with Crippen LogP contribution in [0.2, 0.25) is 0 Å². The largest absolute Gasteiger partial charge is 0.395 e. The average molecular weight is 273 g/mol. The first-order chi connectivity index (χ1) is 9.52. The average Bonchev–Trinajstić information content (AvgIpc) is 2.47. The van der Waals surface area contributed by atoms with E-state index in [2.05, 4.69) is 18.8 Å². The number of carbonyl (C=O) groups is 1. The molecule has 0 heterocycles. The van der Waals surface area contributed by atoms with Crippen molar-refractivity contribution in [2.45, 2.75) is 39.7 Å². The van der Waals surface area contributed by atoms with Crippen molar-refractivity contribution in [2.24, 2.45) is 0 Å². The van der Waals surface area contributed by atoms with Crippen LogP contribution in [0.1, 0.15) is 48.2 Å². The predicted molar refractivity (Wildman–Crippen MR) is 81.6 cm³/mol. The summed E-state index contributed by atoms with van der Waals surface area (Å²) in [5.74, 6) is 5.94. The monoisotopic (exact) mass is 273 g/mol. The van der Waals surface area contributed by atoms with Crippen LogP contribution in [-0.4, -0.2) is 35.6 Å². The predicted octanol–water partition coefficient (Wildman–Crippen LogP) is 2.60. The molecule has 0 aliphatic rings. The third kappa shape index (κ3) is 3.85. The van der Waals surface area contributed by atoms with Crippen molar-refractivity contribution in [1.29, 1.82) is 0 Å². The van der Waals surface area contributed by atoms with Gasteiger partial charge in [-0.15, -0.1) is 0 Å². The lowest BCUT2D eigenvalue weighted by Crippen LogP contribution is -2.35. The highest BCUT2D eigenvalue weighted by Crippen LogP contribution is 2.16. The first kappa shape index (κ1) is 16.3. The number of aliphatic hydroxyl groups is 1. The van der Waals surface area contributed by atoms with Gasteiger partial charge in [0.05, 0.1) is 6.61 Å². The first-order valence-electron chi connectivity index (χ1n) is 6.99. The van der Waals surface area contributed by atoms with Crippen LogP contribution >= 0.6 is 0 Å². The molecule has 1 amide bonds. The smallest absolute Gasteiger partial charge is 0.254 e. The van der Waals surface area contributed by atoms with Crippen LogP contribution in [0.4, 0.5) is 0 Å². The fourth-order valence-corrected chi connectivity index (χ4v) is 1.88. The molecule has 1 atom stereocenters. The van der Waals surface area contributed by atoms with Crippen LogP contribution in [0.3, 0.4) is 0 Å². The maximum atomic E-state index is 12.5. The zero-order valence-corrected chi connectivity index (χ0v) is 12.7. The molecule has 0 saturated heterocycles. The maximum Gasteiger partial charge on any atom is 0.254 e. The normalized spacial score (nSPS) is 11.4. The minimum atomic E-state index is 0.0302. The summed E-state index contributed by atoms with van der Waals surface area (Å²) in [6, 6.07) is 5.81. The number of carbonyl (C=O) groups excluding carboxylic acids is 1. The van der Waals surface area contributed by atoms with Gasteiger partial charge < -0.3 is 10.0 Å². The molecular formula is C17H23NO2. The van der Waals surface area contributed by atoms with Gasteiger partial charge in [0.2, 0.25) is 0 Å². The second-order valence-corrected chi connectivity index (χ2v) is 4.93. The second-order valence-electron chi connectivity index (χ2n) is 4.93. The minimum Gasteiger partial charge on any atom is -0.395 e. The number of nitrogens with zero attached hydrogens (tertiary/aromatic N) is 1. The Morgan fingerprint density at radius 3 is 2.75 bits per heavy atom. The Labute approximate surface area is 121 Å². The fourth-order valence-electron chi connectivity index (χ4n) is 1.88. The molecule has 0 aliphatic heterocycles. The standard InChI is InChI=1S/C17H23NO2/c1-5-13(2)18(4)17(20)16-11-8-10-15(14(16)3)9-6-7-12-19/h8,10-11,13,19H,5,7,12H2,1-4H3. The highest BCUT2D eigenvalue weighted by atomic mass is 16.2. The van der Waals surface area contributed by atoms with Crippen LogP contribution < -0.4 is 0 Å². The SMILES string of the molecule is CCC(C)N(C)C(=O)c1cccc(C#CCCO)c1C. The van der Waals surface area contributed by atoms with Crippen LogP contribution in [0.5, 0.6) is 0 Å². The van der Waals surface area contributed by atoms with E-state index >= 15 is 0 Å². The Bertz CT molecular complexity index is 526. The van der Waals surface area contributed by atoms with E-state index in [0.717, 1.165) is 17.5 Å². The Kier molecular flexibility index (Phi) is 6.27. The van der Waals surface area contributed by atoms with Crippen molar-refractivity contribution < 1.29 is 9.90 Å². The summed E-state index contributed by atoms with van der Waals surface area (Å²) in [4.78, 5) is 14.3. The number of rotatable bonds is 4. The minimum absolute atomic E-state index is 0.0302. The van der Waals surface area contributed by atoms with E-state index in [1.54, 1.807) is 4.90 Å². The van der Waals surface area contributed by atoms with Gasteiger partial charge in [-0.3, -0.25) is 4.79 Å². The maximum absolute atomic E-state index is 12.5. The fraction of sp³-hybridized carbons (Fsp3) is 0.471. The van der Waals surface area contributed by atoms with E-state index in [1.807, 2.05) is 39.1 Å². The molecule has 0 spiro atoms. The lowest BCUT2D eigenvalue weighted by molar-refractivity contribution is 0.0740. The van der Waals surface area contributed by atoms with E-state index in [0.29, 0.717) is 12.0 Å². The molecule has 20 heavy (non-hydrogen) atoms. The van der Waals surface area contributed by atoms with E-state index in [-0.39, 0.29) is 18.6 Å². The Balaban J connectivity index is 3.06. The van der Waals surface area contributed by atoms with Crippen LogP contribution in [0.15, 0.2) is 18.2 Å². The molecular weight excluding hydrogens is 250 g/mol. The summed E-state index contributed by atoms with van der Waals surface area (Å²) in [6.07, 6.45) is 1.38. The molecule has 0 aliphatic carbocycles. The van der Waals surface area contributed by atoms with Gasteiger partial charge in [0.15, 0.2) is 0 Å². The van der Waals surface area contributed by atoms with E-state index in [9.17, 15) is 4.79 Å². The van der Waals surface area contributed by atoms with Crippen molar-refractivity contribution in [1.82, 2.24) is 4.90 Å². The van der Waals surface area contributed by atoms with Gasteiger partial charge in [-0.25, -0.2) is 0 Å². The molecule has 3 heteroatoms. The third-order valence-corrected chi connectivity index (χ3v) is 3.60. The van der Waals surface area contributed by atoms with Gasteiger partial charge in [0, 0.05) is 30.6 Å². The second kappa shape index (κ2) is 7.72. The Morgan fingerprint density at radius 2 is 2.15 bits per heavy atom. The molecule has 1 aromatic rings. The molecule has 1 unspecified atom stereocenters. The molecule has 0 bridgehead atoms. The van der Waals surface area contributed by atoms with E-state index in [4.69, 9.17) is 5.11 Å². The molecule has 108 valence electrons. The number of aliphatic hydroxyl groups excluding tert-OH is 1. The molecule has 1 rings (SSSR count). The summed E-state index contributed by atoms with van der Waals surface area (Å²) in [5.41, 5.74) is 2.45. The van der Waals surface area contributed by atoms with Crippen molar-refractivity contribution in [3.63, 3.8) is 0 Å². The first-order valence-corrected chi connectivity index (χ1v) is 6.99. The summed E-state index contributed by atoms with van der Waals surface area (Å²) in [6.45, 7) is 6.08. The van der Waals surface area contributed by atoms with Gasteiger partial charge in [-0.05, 0) is 38.0 Å². The van der Waals surface area contributed by atoms with Crippen molar-refractivity contribution in [2.75, 3.05) is 13.7 Å². The van der Waals surface area contributed by atoms with Crippen molar-refractivity contribution in [3.05, 3.63) is 34.9 Å². The summed E-state index contributed by atoms with van der Waals surface area (Å²) in [5, 5.41) is 8.75. The van der Waals surface area contributed by atoms with Gasteiger partial charge in [-0.2, -0.15) is 0 Å². The van der Waals surface area contributed by atoms with Crippen molar-refractivity contribution >= 4 is 5.91 Å². The summed E-state index contributed by atoms with van der Waals surface area (Å²) in [7, 11) is 1.83. The quantitative estimate of drug-likeness (QED) is 0.857. The number of amides is 1. The van der Waals surface area contributed by atoms with Gasteiger partial charge in [0.25, 0.3) is 5.91 Å². The van der Waals surface area contributed by atoms with Crippen LogP contribution in [0.25, 0.3) is 0 Å². The number of benzene rings is 1. The molecule has 1 aromatic carbocycles. The lowest BCUT2D eigenvalue weighted by Gasteiger charge is -2.24. The molecule has 3 nitrogen and oxygen atoms in total. The summed E-state index contributed by atoms with van der Waals surface area (Å²) >= 11 is 0. The lowest BCUT2D eigenvalue weighted by atomic mass is 10.0. The van der Waals surface area contributed by atoms with Gasteiger partial charge >= 0.3 is 0 Å². The molecule has 0 radical (unpaired) electrons.